The summed E-state index contributed by atoms with van der Waals surface area (Å²) >= 11 is 0. The Morgan fingerprint density at radius 2 is 2.12 bits per heavy atom. The van der Waals surface area contributed by atoms with Crippen LogP contribution in [0.1, 0.15) is 5.69 Å². The summed E-state index contributed by atoms with van der Waals surface area (Å²) in [5.41, 5.74) is 2.74. The number of aromatic nitrogens is 1. The molecule has 4 nitrogen and oxygen atoms in total. The molecule has 16 heavy (non-hydrogen) atoms. The number of fused-ring (bicyclic) bond motifs is 1. The first-order chi connectivity index (χ1) is 7.65. The summed E-state index contributed by atoms with van der Waals surface area (Å²) in [7, 11) is 1.67. The van der Waals surface area contributed by atoms with Crippen molar-refractivity contribution < 1.29 is 9.90 Å². The molecule has 0 aliphatic carbocycles. The molecule has 0 bridgehead atoms. The molecule has 0 spiro atoms. The van der Waals surface area contributed by atoms with Crippen LogP contribution in [0.2, 0.25) is 0 Å². The van der Waals surface area contributed by atoms with Crippen molar-refractivity contribution in [1.82, 2.24) is 4.98 Å². The minimum absolute atomic E-state index is 0.312. The van der Waals surface area contributed by atoms with Crippen molar-refractivity contribution in [3.63, 3.8) is 0 Å². The lowest BCUT2D eigenvalue weighted by atomic mass is 10.2. The van der Waals surface area contributed by atoms with Crippen molar-refractivity contribution in [3.05, 3.63) is 30.0 Å². The molecule has 0 saturated heterocycles. The number of likely N-dealkylation sites (N-methyl/N-ethyl adjacent to an activating group) is 1. The van der Waals surface area contributed by atoms with Crippen molar-refractivity contribution in [2.24, 2.45) is 0 Å². The smallest absolute Gasteiger partial charge is 0.252 e. The summed E-state index contributed by atoms with van der Waals surface area (Å²) in [6, 6.07) is 7.78. The standard InChI is InChI=1S/C12H14N2O2/c1-8-12(14(2)11(16)7-15)9-5-3-4-6-10(9)13-8/h3-6,13,15H,7H2,1-2H3. The Hall–Kier alpha value is -1.81. The molecule has 0 atom stereocenters. The van der Waals surface area contributed by atoms with E-state index in [1.54, 1.807) is 7.05 Å². The van der Waals surface area contributed by atoms with Crippen molar-refractivity contribution in [2.45, 2.75) is 6.92 Å². The van der Waals surface area contributed by atoms with E-state index in [1.807, 2.05) is 31.2 Å². The highest BCUT2D eigenvalue weighted by Gasteiger charge is 2.16. The number of aliphatic hydroxyl groups is 1. The number of hydrogen-bond donors (Lipinski definition) is 2. The first kappa shape index (κ1) is 10.7. The molecule has 2 N–H and O–H groups in total. The van der Waals surface area contributed by atoms with Gasteiger partial charge in [0.2, 0.25) is 0 Å². The number of benzene rings is 1. The van der Waals surface area contributed by atoms with Crippen LogP contribution in [-0.2, 0) is 4.79 Å². The summed E-state index contributed by atoms with van der Waals surface area (Å²) in [6.45, 7) is 1.44. The third kappa shape index (κ3) is 1.57. The van der Waals surface area contributed by atoms with Gasteiger partial charge in [-0.15, -0.1) is 0 Å². The quantitative estimate of drug-likeness (QED) is 0.801. The van der Waals surface area contributed by atoms with Crippen LogP contribution in [0.3, 0.4) is 0 Å². The average molecular weight is 218 g/mol. The van der Waals surface area contributed by atoms with E-state index in [1.165, 1.54) is 4.90 Å². The number of amides is 1. The Morgan fingerprint density at radius 3 is 2.81 bits per heavy atom. The van der Waals surface area contributed by atoms with E-state index in [-0.39, 0.29) is 5.91 Å². The number of rotatable bonds is 2. The molecule has 4 heteroatoms. The van der Waals surface area contributed by atoms with E-state index in [0.29, 0.717) is 0 Å². The SMILES string of the molecule is Cc1[nH]c2ccccc2c1N(C)C(=O)CO. The number of anilines is 1. The van der Waals surface area contributed by atoms with Gasteiger partial charge in [0, 0.05) is 23.6 Å². The van der Waals surface area contributed by atoms with Crippen LogP contribution < -0.4 is 4.90 Å². The maximum atomic E-state index is 11.5. The van der Waals surface area contributed by atoms with Gasteiger partial charge < -0.3 is 15.0 Å². The number of hydrogen-bond acceptors (Lipinski definition) is 2. The van der Waals surface area contributed by atoms with E-state index in [9.17, 15) is 4.79 Å². The third-order valence-corrected chi connectivity index (χ3v) is 2.70. The van der Waals surface area contributed by atoms with Crippen LogP contribution in [0, 0.1) is 6.92 Å². The molecule has 0 unspecified atom stereocenters. The van der Waals surface area contributed by atoms with E-state index in [0.717, 1.165) is 22.3 Å². The molecule has 0 aliphatic heterocycles. The first-order valence-corrected chi connectivity index (χ1v) is 5.10. The summed E-state index contributed by atoms with van der Waals surface area (Å²) in [4.78, 5) is 16.2. The van der Waals surface area contributed by atoms with E-state index in [2.05, 4.69) is 4.98 Å². The second-order valence-corrected chi connectivity index (χ2v) is 3.76. The zero-order valence-corrected chi connectivity index (χ0v) is 9.32. The van der Waals surface area contributed by atoms with Gasteiger partial charge in [-0.1, -0.05) is 18.2 Å². The normalized spacial score (nSPS) is 10.7. The second kappa shape index (κ2) is 3.98. The Kier molecular flexibility index (Phi) is 2.66. The monoisotopic (exact) mass is 218 g/mol. The predicted molar refractivity (Wildman–Crippen MR) is 63.5 cm³/mol. The average Bonchev–Trinajstić information content (AvgIpc) is 2.63. The molecule has 2 aromatic rings. The Morgan fingerprint density at radius 1 is 1.44 bits per heavy atom. The van der Waals surface area contributed by atoms with E-state index < -0.39 is 6.61 Å². The number of carbonyl (C=O) groups excluding carboxylic acids is 1. The fourth-order valence-electron chi connectivity index (χ4n) is 1.92. The molecule has 0 radical (unpaired) electrons. The molecular weight excluding hydrogens is 204 g/mol. The van der Waals surface area contributed by atoms with Crippen LogP contribution in [0.4, 0.5) is 5.69 Å². The van der Waals surface area contributed by atoms with Crippen LogP contribution in [0.15, 0.2) is 24.3 Å². The van der Waals surface area contributed by atoms with Crippen LogP contribution in [0.5, 0.6) is 0 Å². The molecule has 1 aromatic carbocycles. The number of nitrogens with zero attached hydrogens (tertiary/aromatic N) is 1. The van der Waals surface area contributed by atoms with Gasteiger partial charge in [-0.3, -0.25) is 4.79 Å². The molecular formula is C12H14N2O2. The first-order valence-electron chi connectivity index (χ1n) is 5.10. The highest BCUT2D eigenvalue weighted by Crippen LogP contribution is 2.29. The zero-order valence-electron chi connectivity index (χ0n) is 9.32. The second-order valence-electron chi connectivity index (χ2n) is 3.76. The number of aromatic amines is 1. The summed E-state index contributed by atoms with van der Waals surface area (Å²) in [6.07, 6.45) is 0. The van der Waals surface area contributed by atoms with Gasteiger partial charge in [0.1, 0.15) is 6.61 Å². The number of aryl methyl sites for hydroxylation is 1. The molecule has 0 saturated carbocycles. The topological polar surface area (TPSA) is 56.3 Å². The lowest BCUT2D eigenvalue weighted by Crippen LogP contribution is -2.29. The minimum atomic E-state index is -0.477. The molecule has 0 fully saturated rings. The summed E-state index contributed by atoms with van der Waals surface area (Å²) < 4.78 is 0. The number of para-hydroxylation sites is 1. The van der Waals surface area contributed by atoms with Crippen molar-refractivity contribution >= 4 is 22.5 Å². The number of carbonyl (C=O) groups is 1. The highest BCUT2D eigenvalue weighted by atomic mass is 16.3. The maximum absolute atomic E-state index is 11.5. The van der Waals surface area contributed by atoms with Gasteiger partial charge in [0.05, 0.1) is 5.69 Å². The molecule has 2 rings (SSSR count). The molecule has 1 amide bonds. The Labute approximate surface area is 93.5 Å². The van der Waals surface area contributed by atoms with Gasteiger partial charge in [0.15, 0.2) is 0 Å². The van der Waals surface area contributed by atoms with Gasteiger partial charge in [0.25, 0.3) is 5.91 Å². The summed E-state index contributed by atoms with van der Waals surface area (Å²) in [5.74, 6) is -0.312. The van der Waals surface area contributed by atoms with Crippen LogP contribution >= 0.6 is 0 Å². The van der Waals surface area contributed by atoms with Gasteiger partial charge in [-0.25, -0.2) is 0 Å². The lowest BCUT2D eigenvalue weighted by molar-refractivity contribution is -0.120. The fraction of sp³-hybridized carbons (Fsp3) is 0.250. The number of H-pyrrole nitrogens is 1. The van der Waals surface area contributed by atoms with Crippen molar-refractivity contribution in [1.29, 1.82) is 0 Å². The fourth-order valence-corrected chi connectivity index (χ4v) is 1.92. The number of nitrogens with one attached hydrogen (secondary N) is 1. The van der Waals surface area contributed by atoms with Gasteiger partial charge in [-0.05, 0) is 13.0 Å². The molecule has 0 aliphatic rings. The lowest BCUT2D eigenvalue weighted by Gasteiger charge is -2.16. The third-order valence-electron chi connectivity index (χ3n) is 2.70. The Balaban J connectivity index is 2.59. The minimum Gasteiger partial charge on any atom is -0.387 e. The van der Waals surface area contributed by atoms with Crippen molar-refractivity contribution in [3.8, 4) is 0 Å². The van der Waals surface area contributed by atoms with Crippen LogP contribution in [-0.4, -0.2) is 29.7 Å². The highest BCUT2D eigenvalue weighted by molar-refractivity contribution is 6.04. The molecule has 1 heterocycles. The zero-order chi connectivity index (χ0) is 11.7. The van der Waals surface area contributed by atoms with E-state index in [4.69, 9.17) is 5.11 Å². The van der Waals surface area contributed by atoms with Crippen molar-refractivity contribution in [2.75, 3.05) is 18.6 Å². The summed E-state index contributed by atoms with van der Waals surface area (Å²) in [5, 5.41) is 9.86. The van der Waals surface area contributed by atoms with Crippen LogP contribution in [0.25, 0.3) is 10.9 Å². The largest absolute Gasteiger partial charge is 0.387 e. The molecule has 1 aromatic heterocycles. The van der Waals surface area contributed by atoms with Gasteiger partial charge >= 0.3 is 0 Å². The van der Waals surface area contributed by atoms with Gasteiger partial charge in [-0.2, -0.15) is 0 Å². The maximum Gasteiger partial charge on any atom is 0.252 e. The number of aliphatic hydroxyl groups excluding tert-OH is 1. The Bertz CT molecular complexity index is 531. The predicted octanol–water partition coefficient (Wildman–Crippen LogP) is 1.43. The molecule has 84 valence electrons. The van der Waals surface area contributed by atoms with E-state index >= 15 is 0 Å².